The van der Waals surface area contributed by atoms with Crippen molar-refractivity contribution in [3.05, 3.63) is 29.3 Å². The van der Waals surface area contributed by atoms with Crippen molar-refractivity contribution in [2.45, 2.75) is 45.3 Å². The smallest absolute Gasteiger partial charge is 0.223 e. The number of amides is 1. The summed E-state index contributed by atoms with van der Waals surface area (Å²) in [6.07, 6.45) is 1.97. The molecule has 1 fully saturated rings. The quantitative estimate of drug-likeness (QED) is 0.826. The number of carbonyl (C=O) groups is 1. The van der Waals surface area contributed by atoms with Crippen LogP contribution in [0.25, 0.3) is 0 Å². The van der Waals surface area contributed by atoms with Crippen LogP contribution < -0.4 is 10.1 Å². The van der Waals surface area contributed by atoms with Crippen molar-refractivity contribution >= 4 is 5.91 Å². The van der Waals surface area contributed by atoms with E-state index in [0.29, 0.717) is 24.8 Å². The van der Waals surface area contributed by atoms with E-state index in [4.69, 9.17) is 4.74 Å². The number of aryl methyl sites for hydroxylation is 1. The summed E-state index contributed by atoms with van der Waals surface area (Å²) in [5.41, 5.74) is 1.83. The summed E-state index contributed by atoms with van der Waals surface area (Å²) >= 11 is 0. The van der Waals surface area contributed by atoms with E-state index in [1.165, 1.54) is 0 Å². The number of carbonyl (C=O) groups excluding carboxylic acids is 1. The maximum absolute atomic E-state index is 11.5. The summed E-state index contributed by atoms with van der Waals surface area (Å²) in [6.45, 7) is 4.01. The molecule has 0 bridgehead atoms. The average molecular weight is 263 g/mol. The molecule has 0 aliphatic heterocycles. The van der Waals surface area contributed by atoms with E-state index in [0.717, 1.165) is 24.0 Å². The molecule has 0 heterocycles. The Balaban J connectivity index is 1.87. The van der Waals surface area contributed by atoms with Gasteiger partial charge in [-0.3, -0.25) is 4.79 Å². The number of nitrogens with one attached hydrogen (secondary N) is 1. The number of aliphatic hydroxyl groups is 1. The minimum Gasteiger partial charge on any atom is -0.493 e. The molecule has 104 valence electrons. The molecule has 1 saturated carbocycles. The van der Waals surface area contributed by atoms with Crippen molar-refractivity contribution in [2.75, 3.05) is 6.61 Å². The largest absolute Gasteiger partial charge is 0.493 e. The number of rotatable bonds is 6. The van der Waals surface area contributed by atoms with Gasteiger partial charge >= 0.3 is 0 Å². The molecule has 1 aliphatic carbocycles. The van der Waals surface area contributed by atoms with Gasteiger partial charge in [-0.15, -0.1) is 0 Å². The molecule has 1 aromatic rings. The lowest BCUT2D eigenvalue weighted by molar-refractivity contribution is -0.121. The van der Waals surface area contributed by atoms with Crippen molar-refractivity contribution in [1.29, 1.82) is 0 Å². The summed E-state index contributed by atoms with van der Waals surface area (Å²) in [7, 11) is 0. The molecular formula is C15H21NO3. The van der Waals surface area contributed by atoms with Gasteiger partial charge in [0.2, 0.25) is 5.91 Å². The Kier molecular flexibility index (Phi) is 4.43. The molecule has 1 aromatic carbocycles. The van der Waals surface area contributed by atoms with Gasteiger partial charge in [-0.05, 0) is 38.3 Å². The topological polar surface area (TPSA) is 58.6 Å². The van der Waals surface area contributed by atoms with E-state index in [1.807, 2.05) is 25.1 Å². The summed E-state index contributed by atoms with van der Waals surface area (Å²) in [4.78, 5) is 11.5. The summed E-state index contributed by atoms with van der Waals surface area (Å²) in [5, 5.41) is 12.6. The second-order valence-corrected chi connectivity index (χ2v) is 5.16. The van der Waals surface area contributed by atoms with Gasteiger partial charge in [0.05, 0.1) is 19.1 Å². The summed E-state index contributed by atoms with van der Waals surface area (Å²) in [5.74, 6) is 0.697. The number of aliphatic hydroxyl groups excluding tert-OH is 1. The molecule has 1 unspecified atom stereocenters. The van der Waals surface area contributed by atoms with Crippen LogP contribution in [0.5, 0.6) is 5.75 Å². The monoisotopic (exact) mass is 263 g/mol. The highest BCUT2D eigenvalue weighted by atomic mass is 16.5. The average Bonchev–Trinajstić information content (AvgIpc) is 3.12. The van der Waals surface area contributed by atoms with Crippen molar-refractivity contribution < 1.29 is 14.6 Å². The SMILES string of the molecule is Cc1ccc(C(C)O)c(OCCC(=O)NC2CC2)c1. The molecule has 0 spiro atoms. The van der Waals surface area contributed by atoms with Gasteiger partial charge in [0, 0.05) is 11.6 Å². The normalized spacial score (nSPS) is 15.9. The lowest BCUT2D eigenvalue weighted by Gasteiger charge is -2.14. The third kappa shape index (κ3) is 4.24. The molecule has 2 rings (SSSR count). The lowest BCUT2D eigenvalue weighted by atomic mass is 10.1. The highest BCUT2D eigenvalue weighted by Gasteiger charge is 2.22. The van der Waals surface area contributed by atoms with E-state index in [1.54, 1.807) is 6.92 Å². The molecule has 0 saturated heterocycles. The van der Waals surface area contributed by atoms with E-state index in [9.17, 15) is 9.90 Å². The first-order chi connectivity index (χ1) is 9.06. The zero-order valence-electron chi connectivity index (χ0n) is 11.5. The van der Waals surface area contributed by atoms with Crippen LogP contribution in [0.3, 0.4) is 0 Å². The maximum Gasteiger partial charge on any atom is 0.223 e. The van der Waals surface area contributed by atoms with E-state index < -0.39 is 6.10 Å². The molecule has 2 N–H and O–H groups in total. The molecule has 0 radical (unpaired) electrons. The Bertz CT molecular complexity index is 453. The van der Waals surface area contributed by atoms with Gasteiger partial charge in [-0.25, -0.2) is 0 Å². The minimum atomic E-state index is -0.573. The van der Waals surface area contributed by atoms with Crippen molar-refractivity contribution in [2.24, 2.45) is 0 Å². The van der Waals surface area contributed by atoms with E-state index >= 15 is 0 Å². The van der Waals surface area contributed by atoms with Crippen LogP contribution in [-0.4, -0.2) is 23.7 Å². The van der Waals surface area contributed by atoms with Crippen molar-refractivity contribution in [1.82, 2.24) is 5.32 Å². The zero-order chi connectivity index (χ0) is 13.8. The van der Waals surface area contributed by atoms with Gasteiger partial charge in [0.15, 0.2) is 0 Å². The van der Waals surface area contributed by atoms with Gasteiger partial charge in [-0.1, -0.05) is 12.1 Å². The Morgan fingerprint density at radius 1 is 1.53 bits per heavy atom. The standard InChI is InChI=1S/C15H21NO3/c1-10-3-6-13(11(2)17)14(9-10)19-8-7-15(18)16-12-4-5-12/h3,6,9,11-12,17H,4-5,7-8H2,1-2H3,(H,16,18). The molecule has 1 amide bonds. The lowest BCUT2D eigenvalue weighted by Crippen LogP contribution is -2.26. The highest BCUT2D eigenvalue weighted by Crippen LogP contribution is 2.26. The van der Waals surface area contributed by atoms with Gasteiger partial charge in [0.25, 0.3) is 0 Å². The van der Waals surface area contributed by atoms with Crippen LogP contribution in [0.4, 0.5) is 0 Å². The predicted octanol–water partition coefficient (Wildman–Crippen LogP) is 2.10. The fraction of sp³-hybridized carbons (Fsp3) is 0.533. The molecule has 4 nitrogen and oxygen atoms in total. The highest BCUT2D eigenvalue weighted by molar-refractivity contribution is 5.76. The number of hydrogen-bond acceptors (Lipinski definition) is 3. The first-order valence-corrected chi connectivity index (χ1v) is 6.77. The molecule has 0 aromatic heterocycles. The number of benzene rings is 1. The minimum absolute atomic E-state index is 0.0359. The third-order valence-electron chi connectivity index (χ3n) is 3.15. The summed E-state index contributed by atoms with van der Waals surface area (Å²) in [6, 6.07) is 6.08. The maximum atomic E-state index is 11.5. The Labute approximate surface area is 113 Å². The third-order valence-corrected chi connectivity index (χ3v) is 3.15. The zero-order valence-corrected chi connectivity index (χ0v) is 11.5. The molecule has 1 aliphatic rings. The van der Waals surface area contributed by atoms with E-state index in [2.05, 4.69) is 5.32 Å². The van der Waals surface area contributed by atoms with Gasteiger partial charge < -0.3 is 15.2 Å². The van der Waals surface area contributed by atoms with Gasteiger partial charge in [-0.2, -0.15) is 0 Å². The molecular weight excluding hydrogens is 242 g/mol. The molecule has 4 heteroatoms. The number of ether oxygens (including phenoxy) is 1. The van der Waals surface area contributed by atoms with E-state index in [-0.39, 0.29) is 5.91 Å². The Morgan fingerprint density at radius 2 is 2.26 bits per heavy atom. The van der Waals surface area contributed by atoms with Crippen molar-refractivity contribution in [3.63, 3.8) is 0 Å². The number of hydrogen-bond donors (Lipinski definition) is 2. The first-order valence-electron chi connectivity index (χ1n) is 6.77. The van der Waals surface area contributed by atoms with Gasteiger partial charge in [0.1, 0.15) is 5.75 Å². The van der Waals surface area contributed by atoms with Crippen LogP contribution in [0.15, 0.2) is 18.2 Å². The van der Waals surface area contributed by atoms with Crippen molar-refractivity contribution in [3.8, 4) is 5.75 Å². The fourth-order valence-electron chi connectivity index (χ4n) is 1.89. The fourth-order valence-corrected chi connectivity index (χ4v) is 1.89. The summed E-state index contributed by atoms with van der Waals surface area (Å²) < 4.78 is 5.63. The predicted molar refractivity (Wildman–Crippen MR) is 73.1 cm³/mol. The first kappa shape index (κ1) is 13.9. The molecule has 19 heavy (non-hydrogen) atoms. The molecule has 1 atom stereocenters. The van der Waals surface area contributed by atoms with Crippen LogP contribution in [0, 0.1) is 6.92 Å². The van der Waals surface area contributed by atoms with Crippen LogP contribution in [0.2, 0.25) is 0 Å². The van der Waals surface area contributed by atoms with Crippen LogP contribution in [-0.2, 0) is 4.79 Å². The van der Waals surface area contributed by atoms with Crippen LogP contribution in [0.1, 0.15) is 43.4 Å². The Hall–Kier alpha value is -1.55. The Morgan fingerprint density at radius 3 is 2.89 bits per heavy atom. The van der Waals surface area contributed by atoms with Crippen LogP contribution >= 0.6 is 0 Å². The second kappa shape index (κ2) is 6.06. The second-order valence-electron chi connectivity index (χ2n) is 5.16.